The zero-order valence-electron chi connectivity index (χ0n) is 9.27. The van der Waals surface area contributed by atoms with Gasteiger partial charge in [0.15, 0.2) is 11.6 Å². The van der Waals surface area contributed by atoms with Crippen molar-refractivity contribution in [2.75, 3.05) is 4.72 Å². The number of anilines is 1. The van der Waals surface area contributed by atoms with E-state index in [4.69, 9.17) is 0 Å². The first-order chi connectivity index (χ1) is 8.88. The fourth-order valence-electron chi connectivity index (χ4n) is 1.29. The molecule has 1 N–H and O–H groups in total. The fraction of sp³-hybridized carbons (Fsp3) is 0. The van der Waals surface area contributed by atoms with Crippen LogP contribution < -0.4 is 4.72 Å². The SMILES string of the molecule is O=S(=O)(Nc1ccc(F)nc1)c1ccc(F)c(F)c1. The minimum atomic E-state index is -4.08. The molecule has 1 heterocycles. The van der Waals surface area contributed by atoms with Gasteiger partial charge in [-0.15, -0.1) is 0 Å². The van der Waals surface area contributed by atoms with Crippen LogP contribution in [-0.2, 0) is 10.0 Å². The van der Waals surface area contributed by atoms with Crippen LogP contribution in [-0.4, -0.2) is 13.4 Å². The Labute approximate surface area is 107 Å². The smallest absolute Gasteiger partial charge is 0.262 e. The predicted molar refractivity (Wildman–Crippen MR) is 61.4 cm³/mol. The van der Waals surface area contributed by atoms with Crippen molar-refractivity contribution in [2.24, 2.45) is 0 Å². The molecule has 0 spiro atoms. The summed E-state index contributed by atoms with van der Waals surface area (Å²) in [6, 6.07) is 4.28. The lowest BCUT2D eigenvalue weighted by atomic mass is 10.3. The van der Waals surface area contributed by atoms with Gasteiger partial charge in [-0.1, -0.05) is 0 Å². The van der Waals surface area contributed by atoms with Crippen LogP contribution in [0.1, 0.15) is 0 Å². The zero-order chi connectivity index (χ0) is 14.0. The highest BCUT2D eigenvalue weighted by molar-refractivity contribution is 7.92. The Morgan fingerprint density at radius 1 is 1.00 bits per heavy atom. The standard InChI is InChI=1S/C11H7F3N2O2S/c12-9-3-2-8(5-10(9)13)19(17,18)16-7-1-4-11(14)15-6-7/h1-6,16H. The van der Waals surface area contributed by atoms with Gasteiger partial charge in [0.25, 0.3) is 10.0 Å². The van der Waals surface area contributed by atoms with E-state index < -0.39 is 32.5 Å². The predicted octanol–water partition coefficient (Wildman–Crippen LogP) is 2.30. The third-order valence-corrected chi connectivity index (χ3v) is 3.56. The van der Waals surface area contributed by atoms with Gasteiger partial charge < -0.3 is 0 Å². The third kappa shape index (κ3) is 3.02. The first-order valence-corrected chi connectivity index (χ1v) is 6.46. The van der Waals surface area contributed by atoms with E-state index in [0.29, 0.717) is 12.1 Å². The van der Waals surface area contributed by atoms with Gasteiger partial charge >= 0.3 is 0 Å². The molecule has 4 nitrogen and oxygen atoms in total. The molecule has 19 heavy (non-hydrogen) atoms. The average molecular weight is 288 g/mol. The van der Waals surface area contributed by atoms with Gasteiger partial charge in [-0.05, 0) is 30.3 Å². The summed E-state index contributed by atoms with van der Waals surface area (Å²) in [5, 5.41) is 0. The van der Waals surface area contributed by atoms with Gasteiger partial charge in [-0.25, -0.2) is 22.2 Å². The Morgan fingerprint density at radius 2 is 1.74 bits per heavy atom. The van der Waals surface area contributed by atoms with Crippen LogP contribution in [0.3, 0.4) is 0 Å². The van der Waals surface area contributed by atoms with Crippen molar-refractivity contribution in [1.82, 2.24) is 4.98 Å². The number of pyridine rings is 1. The maximum atomic E-state index is 13.0. The number of sulfonamides is 1. The van der Waals surface area contributed by atoms with Gasteiger partial charge in [0.05, 0.1) is 16.8 Å². The second-order valence-electron chi connectivity index (χ2n) is 3.55. The molecule has 0 unspecified atom stereocenters. The number of nitrogens with zero attached hydrogens (tertiary/aromatic N) is 1. The third-order valence-electron chi connectivity index (χ3n) is 2.18. The van der Waals surface area contributed by atoms with E-state index in [2.05, 4.69) is 9.71 Å². The molecular formula is C11H7F3N2O2S. The first kappa shape index (κ1) is 13.3. The molecule has 0 radical (unpaired) electrons. The van der Waals surface area contributed by atoms with E-state index in [1.165, 1.54) is 0 Å². The monoisotopic (exact) mass is 288 g/mol. The molecule has 0 amide bonds. The molecule has 1 aromatic carbocycles. The molecule has 100 valence electrons. The molecule has 1 aromatic heterocycles. The minimum absolute atomic E-state index is 0.00568. The van der Waals surface area contributed by atoms with Crippen molar-refractivity contribution in [3.63, 3.8) is 0 Å². The summed E-state index contributed by atoms with van der Waals surface area (Å²) in [6.07, 6.45) is 0.965. The summed E-state index contributed by atoms with van der Waals surface area (Å²) >= 11 is 0. The van der Waals surface area contributed by atoms with Gasteiger partial charge in [-0.2, -0.15) is 4.39 Å². The van der Waals surface area contributed by atoms with Crippen LogP contribution in [0.4, 0.5) is 18.9 Å². The number of rotatable bonds is 3. The lowest BCUT2D eigenvalue weighted by Gasteiger charge is -2.07. The Hall–Kier alpha value is -2.09. The number of nitrogens with one attached hydrogen (secondary N) is 1. The van der Waals surface area contributed by atoms with E-state index in [1.54, 1.807) is 0 Å². The van der Waals surface area contributed by atoms with E-state index in [9.17, 15) is 21.6 Å². The van der Waals surface area contributed by atoms with Crippen molar-refractivity contribution < 1.29 is 21.6 Å². The van der Waals surface area contributed by atoms with Crippen LogP contribution in [0.5, 0.6) is 0 Å². The molecule has 0 aliphatic heterocycles. The zero-order valence-corrected chi connectivity index (χ0v) is 10.1. The van der Waals surface area contributed by atoms with E-state index in [0.717, 1.165) is 24.4 Å². The van der Waals surface area contributed by atoms with Crippen LogP contribution in [0.2, 0.25) is 0 Å². The fourth-order valence-corrected chi connectivity index (χ4v) is 2.35. The molecule has 0 aliphatic rings. The minimum Gasteiger partial charge on any atom is -0.278 e. The van der Waals surface area contributed by atoms with E-state index in [1.807, 2.05) is 0 Å². The summed E-state index contributed by atoms with van der Waals surface area (Å²) in [7, 11) is -4.08. The second-order valence-corrected chi connectivity index (χ2v) is 5.23. The highest BCUT2D eigenvalue weighted by Gasteiger charge is 2.16. The molecule has 0 saturated heterocycles. The number of hydrogen-bond acceptors (Lipinski definition) is 3. The average Bonchev–Trinajstić information content (AvgIpc) is 2.35. The molecule has 2 aromatic rings. The largest absolute Gasteiger partial charge is 0.278 e. The number of aromatic nitrogens is 1. The van der Waals surface area contributed by atoms with Crippen molar-refractivity contribution in [3.05, 3.63) is 54.1 Å². The number of hydrogen-bond donors (Lipinski definition) is 1. The maximum absolute atomic E-state index is 13.0. The summed E-state index contributed by atoms with van der Waals surface area (Å²) in [4.78, 5) is 2.81. The first-order valence-electron chi connectivity index (χ1n) is 4.98. The highest BCUT2D eigenvalue weighted by Crippen LogP contribution is 2.17. The topological polar surface area (TPSA) is 59.1 Å². The van der Waals surface area contributed by atoms with Crippen molar-refractivity contribution in [1.29, 1.82) is 0 Å². The van der Waals surface area contributed by atoms with Crippen molar-refractivity contribution in [2.45, 2.75) is 4.90 Å². The quantitative estimate of drug-likeness (QED) is 0.882. The van der Waals surface area contributed by atoms with Crippen LogP contribution in [0.25, 0.3) is 0 Å². The molecule has 0 saturated carbocycles. The van der Waals surface area contributed by atoms with Crippen molar-refractivity contribution in [3.8, 4) is 0 Å². The molecule has 0 atom stereocenters. The van der Waals surface area contributed by atoms with Gasteiger partial charge in [0.1, 0.15) is 0 Å². The van der Waals surface area contributed by atoms with Gasteiger partial charge in [0.2, 0.25) is 5.95 Å². The van der Waals surface area contributed by atoms with E-state index >= 15 is 0 Å². The van der Waals surface area contributed by atoms with Crippen LogP contribution >= 0.6 is 0 Å². The highest BCUT2D eigenvalue weighted by atomic mass is 32.2. The molecular weight excluding hydrogens is 281 g/mol. The van der Waals surface area contributed by atoms with E-state index in [-0.39, 0.29) is 5.69 Å². The number of benzene rings is 1. The lowest BCUT2D eigenvalue weighted by Crippen LogP contribution is -2.13. The summed E-state index contributed by atoms with van der Waals surface area (Å²) < 4.78 is 64.0. The lowest BCUT2D eigenvalue weighted by molar-refractivity contribution is 0.504. The Kier molecular flexibility index (Phi) is 3.43. The van der Waals surface area contributed by atoms with Crippen LogP contribution in [0.15, 0.2) is 41.4 Å². The Bertz CT molecular complexity index is 702. The van der Waals surface area contributed by atoms with Gasteiger partial charge in [0, 0.05) is 0 Å². The van der Waals surface area contributed by atoms with Gasteiger partial charge in [-0.3, -0.25) is 4.72 Å². The normalized spacial score (nSPS) is 11.3. The molecule has 8 heteroatoms. The Balaban J connectivity index is 2.32. The molecule has 0 bridgehead atoms. The van der Waals surface area contributed by atoms with Crippen molar-refractivity contribution >= 4 is 15.7 Å². The number of halogens is 3. The maximum Gasteiger partial charge on any atom is 0.262 e. The Morgan fingerprint density at radius 3 is 2.32 bits per heavy atom. The molecule has 0 aliphatic carbocycles. The second kappa shape index (κ2) is 4.88. The summed E-state index contributed by atoms with van der Waals surface area (Å²) in [5.74, 6) is -3.20. The van der Waals surface area contributed by atoms with Crippen LogP contribution in [0, 0.1) is 17.6 Å². The summed E-state index contributed by atoms with van der Waals surface area (Å²) in [5.41, 5.74) is 0.00568. The molecule has 0 fully saturated rings. The summed E-state index contributed by atoms with van der Waals surface area (Å²) in [6.45, 7) is 0. The molecule has 2 rings (SSSR count).